The van der Waals surface area contributed by atoms with E-state index in [2.05, 4.69) is 0 Å². The van der Waals surface area contributed by atoms with Crippen LogP contribution in [-0.4, -0.2) is 41.3 Å². The number of hydrogen-bond donors (Lipinski definition) is 0. The molecular weight excluding hydrogens is 552 g/mol. The summed E-state index contributed by atoms with van der Waals surface area (Å²) in [7, 11) is 0. The standard InChI is InChI=1S/Al.Cd.Cu.La.Sn.Zr.5H. The number of rotatable bonds is 0. The average molecular weight is 557 g/mol. The van der Waals surface area contributed by atoms with Crippen molar-refractivity contribution in [1.82, 2.24) is 0 Å². The van der Waals surface area contributed by atoms with Gasteiger partial charge in [-0.2, -0.15) is 0 Å². The predicted molar refractivity (Wildman–Crippen MR) is 18.5 cm³/mol. The van der Waals surface area contributed by atoms with Gasteiger partial charge in [-0.3, -0.25) is 0 Å². The van der Waals surface area contributed by atoms with Crippen LogP contribution in [0.1, 0.15) is 0 Å². The van der Waals surface area contributed by atoms with E-state index in [1.165, 1.54) is 0 Å². The van der Waals surface area contributed by atoms with Gasteiger partial charge in [0, 0.05) is 106 Å². The SMILES string of the molecule is [AlH3].[Cd].[Cu].[La].[SnH2].[Zr]. The third kappa shape index (κ3) is 23.2. The molecule has 0 aromatic rings. The first-order valence-corrected chi connectivity index (χ1v) is 0. The Morgan fingerprint density at radius 3 is 1.00 bits per heavy atom. The average Bonchev–Trinajstić information content (AvgIpc) is 0. The Hall–Kier alpha value is 4.85. The predicted octanol–water partition coefficient (Wildman–Crippen LogP) is -2.11. The topological polar surface area (TPSA) is 0 Å². The first kappa shape index (κ1) is 44.7. The van der Waals surface area contributed by atoms with Crippen molar-refractivity contribution in [1.29, 1.82) is 0 Å². The first-order chi connectivity index (χ1) is 0. The summed E-state index contributed by atoms with van der Waals surface area (Å²) in [5, 5.41) is 0. The monoisotopic (exact) mass is 558 g/mol. The van der Waals surface area contributed by atoms with Crippen molar-refractivity contribution in [3.63, 3.8) is 0 Å². The fourth-order valence-corrected chi connectivity index (χ4v) is 0. The summed E-state index contributed by atoms with van der Waals surface area (Å²) in [6.45, 7) is 0. The van der Waals surface area contributed by atoms with Gasteiger partial charge in [0.1, 0.15) is 0 Å². The van der Waals surface area contributed by atoms with Crippen molar-refractivity contribution >= 4 is 41.3 Å². The van der Waals surface area contributed by atoms with Crippen LogP contribution in [-0.2, 0) is 70.6 Å². The van der Waals surface area contributed by atoms with Crippen LogP contribution in [0.2, 0.25) is 0 Å². The summed E-state index contributed by atoms with van der Waals surface area (Å²) in [5.74, 6) is 0. The molecule has 0 saturated heterocycles. The maximum Gasteiger partial charge on any atom is 0 e. The van der Waals surface area contributed by atoms with E-state index in [-0.39, 0.29) is 147 Å². The summed E-state index contributed by atoms with van der Waals surface area (Å²) in [5.41, 5.74) is 0. The van der Waals surface area contributed by atoms with Gasteiger partial charge in [-0.25, -0.2) is 0 Å². The Bertz CT molecular complexity index is 15.5. The van der Waals surface area contributed by atoms with Crippen molar-refractivity contribution < 1.29 is 106 Å². The van der Waals surface area contributed by atoms with Crippen LogP contribution >= 0.6 is 0 Å². The van der Waals surface area contributed by atoms with Gasteiger partial charge in [-0.05, 0) is 0 Å². The van der Waals surface area contributed by atoms with Crippen molar-refractivity contribution in [2.45, 2.75) is 0 Å². The molecule has 0 nitrogen and oxygen atoms in total. The normalized spacial score (nSPS) is 0. The van der Waals surface area contributed by atoms with Crippen molar-refractivity contribution in [3.8, 4) is 0 Å². The zero-order valence-corrected chi connectivity index (χ0v) is 17.9. The second-order valence-electron chi connectivity index (χ2n) is 0. The fraction of sp³-hybridized carbons (Fsp3) is 0. The van der Waals surface area contributed by atoms with Gasteiger partial charge in [0.25, 0.3) is 0 Å². The first-order valence-electron chi connectivity index (χ1n) is 0. The zero-order valence-electron chi connectivity index (χ0n) is 2.79. The minimum atomic E-state index is 0. The van der Waals surface area contributed by atoms with Crippen LogP contribution in [0.3, 0.4) is 0 Å². The fourth-order valence-electron chi connectivity index (χ4n) is 0. The maximum absolute atomic E-state index is 0. The van der Waals surface area contributed by atoms with Gasteiger partial charge < -0.3 is 0 Å². The van der Waals surface area contributed by atoms with E-state index >= 15 is 0 Å². The molecule has 0 unspecified atom stereocenters. The van der Waals surface area contributed by atoms with Crippen molar-refractivity contribution in [2.24, 2.45) is 0 Å². The molecule has 0 aliphatic heterocycles. The Balaban J connectivity index is 0. The van der Waals surface area contributed by atoms with E-state index in [1.807, 2.05) is 0 Å². The molecule has 0 atom stereocenters. The molecule has 32 valence electrons. The maximum atomic E-state index is 0. The van der Waals surface area contributed by atoms with Crippen molar-refractivity contribution in [2.75, 3.05) is 0 Å². The van der Waals surface area contributed by atoms with Gasteiger partial charge in [-0.15, -0.1) is 0 Å². The molecule has 0 aromatic heterocycles. The molecule has 4 radical (unpaired) electrons. The zero-order chi connectivity index (χ0) is 0. The molecule has 0 amide bonds. The molecule has 0 aliphatic rings. The molecule has 0 saturated carbocycles. The van der Waals surface area contributed by atoms with E-state index in [0.717, 1.165) is 0 Å². The van der Waals surface area contributed by atoms with Crippen LogP contribution in [0.4, 0.5) is 0 Å². The molecule has 6 heavy (non-hydrogen) atoms. The van der Waals surface area contributed by atoms with Gasteiger partial charge in [-0.1, -0.05) is 0 Å². The summed E-state index contributed by atoms with van der Waals surface area (Å²) in [6, 6.07) is 0. The summed E-state index contributed by atoms with van der Waals surface area (Å²) < 4.78 is 0. The summed E-state index contributed by atoms with van der Waals surface area (Å²) in [4.78, 5) is 0. The second-order valence-corrected chi connectivity index (χ2v) is 0. The Morgan fingerprint density at radius 1 is 1.00 bits per heavy atom. The minimum Gasteiger partial charge on any atom is 0 e. The molecule has 0 bridgehead atoms. The van der Waals surface area contributed by atoms with Crippen LogP contribution in [0, 0.1) is 35.6 Å². The third-order valence-corrected chi connectivity index (χ3v) is 0. The second kappa shape index (κ2) is 32.8. The summed E-state index contributed by atoms with van der Waals surface area (Å²) >= 11 is 0. The molecule has 0 aliphatic carbocycles. The van der Waals surface area contributed by atoms with Crippen LogP contribution in [0.15, 0.2) is 0 Å². The number of hydrogen-bond acceptors (Lipinski definition) is 0. The Morgan fingerprint density at radius 2 is 1.00 bits per heavy atom. The van der Waals surface area contributed by atoms with Crippen LogP contribution in [0.5, 0.6) is 0 Å². The van der Waals surface area contributed by atoms with Gasteiger partial charge in [0.15, 0.2) is 17.4 Å². The Kier molecular flexibility index (Phi) is 245. The van der Waals surface area contributed by atoms with Crippen molar-refractivity contribution in [3.05, 3.63) is 0 Å². The largest absolute Gasteiger partial charge is 0 e. The van der Waals surface area contributed by atoms with Gasteiger partial charge in [0.05, 0.1) is 0 Å². The summed E-state index contributed by atoms with van der Waals surface area (Å²) in [6.07, 6.45) is 0. The van der Waals surface area contributed by atoms with Gasteiger partial charge >= 0.3 is 23.9 Å². The molecule has 0 heterocycles. The van der Waals surface area contributed by atoms with E-state index in [9.17, 15) is 0 Å². The molecule has 0 N–H and O–H groups in total. The molecule has 0 aromatic carbocycles. The Labute approximate surface area is 144 Å². The van der Waals surface area contributed by atoms with Crippen LogP contribution < -0.4 is 0 Å². The quantitative estimate of drug-likeness (QED) is 0.300. The molecule has 6 heteroatoms. The molecule has 0 fully saturated rings. The molecular formula is H5AlCdCuLaSnZr. The van der Waals surface area contributed by atoms with E-state index in [0.29, 0.717) is 0 Å². The van der Waals surface area contributed by atoms with Crippen LogP contribution in [0.25, 0.3) is 0 Å². The minimum absolute atomic E-state index is 0. The smallest absolute Gasteiger partial charge is 0 e. The molecule has 0 spiro atoms. The van der Waals surface area contributed by atoms with E-state index in [4.69, 9.17) is 0 Å². The molecule has 0 rings (SSSR count). The van der Waals surface area contributed by atoms with Gasteiger partial charge in [0.2, 0.25) is 0 Å². The third-order valence-electron chi connectivity index (χ3n) is 0. The van der Waals surface area contributed by atoms with E-state index < -0.39 is 0 Å². The van der Waals surface area contributed by atoms with E-state index in [1.54, 1.807) is 0 Å².